The second kappa shape index (κ2) is 5.22. The van der Waals surface area contributed by atoms with Crippen molar-refractivity contribution in [2.75, 3.05) is 6.54 Å². The van der Waals surface area contributed by atoms with Crippen molar-refractivity contribution in [3.05, 3.63) is 35.7 Å². The third-order valence-corrected chi connectivity index (χ3v) is 2.48. The maximum absolute atomic E-state index is 13.5. The number of nitrogens with one attached hydrogen (secondary N) is 1. The lowest BCUT2D eigenvalue weighted by Crippen LogP contribution is -2.17. The van der Waals surface area contributed by atoms with Gasteiger partial charge >= 0.3 is 0 Å². The van der Waals surface area contributed by atoms with Gasteiger partial charge in [0.25, 0.3) is 5.89 Å². The predicted octanol–water partition coefficient (Wildman–Crippen LogP) is 2.69. The normalized spacial score (nSPS) is 12.7. The standard InChI is InChI=1S/C12H13F2N3O/c1-3-15-7(2)11-16-17-12(18-11)9-6-8(13)4-5-10(9)14/h4-7,15H,3H2,1-2H3. The average molecular weight is 253 g/mol. The predicted molar refractivity (Wildman–Crippen MR) is 61.7 cm³/mol. The van der Waals surface area contributed by atoms with Gasteiger partial charge < -0.3 is 9.73 Å². The highest BCUT2D eigenvalue weighted by atomic mass is 19.1. The van der Waals surface area contributed by atoms with Crippen molar-refractivity contribution in [1.29, 1.82) is 0 Å². The molecule has 0 radical (unpaired) electrons. The van der Waals surface area contributed by atoms with E-state index in [1.165, 1.54) is 0 Å². The number of benzene rings is 1. The van der Waals surface area contributed by atoms with E-state index in [0.717, 1.165) is 24.7 Å². The van der Waals surface area contributed by atoms with Crippen LogP contribution in [-0.4, -0.2) is 16.7 Å². The molecule has 1 aromatic carbocycles. The van der Waals surface area contributed by atoms with Gasteiger partial charge in [-0.15, -0.1) is 10.2 Å². The molecule has 0 amide bonds. The number of halogens is 2. The quantitative estimate of drug-likeness (QED) is 0.910. The zero-order valence-corrected chi connectivity index (χ0v) is 10.1. The molecule has 0 saturated heterocycles. The first-order chi connectivity index (χ1) is 8.61. The zero-order valence-electron chi connectivity index (χ0n) is 10.1. The van der Waals surface area contributed by atoms with Gasteiger partial charge in [0, 0.05) is 0 Å². The van der Waals surface area contributed by atoms with E-state index in [4.69, 9.17) is 4.42 Å². The summed E-state index contributed by atoms with van der Waals surface area (Å²) in [6.45, 7) is 4.54. The van der Waals surface area contributed by atoms with Gasteiger partial charge in [-0.25, -0.2) is 8.78 Å². The molecule has 96 valence electrons. The Kier molecular flexibility index (Phi) is 3.66. The molecule has 0 aliphatic carbocycles. The van der Waals surface area contributed by atoms with Crippen molar-refractivity contribution >= 4 is 0 Å². The van der Waals surface area contributed by atoms with Crippen LogP contribution in [0.15, 0.2) is 22.6 Å². The summed E-state index contributed by atoms with van der Waals surface area (Å²) < 4.78 is 31.9. The van der Waals surface area contributed by atoms with E-state index in [1.807, 2.05) is 13.8 Å². The Hall–Kier alpha value is -1.82. The van der Waals surface area contributed by atoms with Crippen LogP contribution >= 0.6 is 0 Å². The largest absolute Gasteiger partial charge is 0.419 e. The van der Waals surface area contributed by atoms with E-state index < -0.39 is 11.6 Å². The van der Waals surface area contributed by atoms with E-state index in [1.54, 1.807) is 0 Å². The molecule has 2 rings (SSSR count). The van der Waals surface area contributed by atoms with Gasteiger partial charge in [-0.3, -0.25) is 0 Å². The van der Waals surface area contributed by atoms with Gasteiger partial charge in [-0.05, 0) is 31.7 Å². The Morgan fingerprint density at radius 1 is 1.33 bits per heavy atom. The second-order valence-electron chi connectivity index (χ2n) is 3.85. The topological polar surface area (TPSA) is 51.0 Å². The van der Waals surface area contributed by atoms with Crippen molar-refractivity contribution < 1.29 is 13.2 Å². The lowest BCUT2D eigenvalue weighted by molar-refractivity contribution is 0.427. The summed E-state index contributed by atoms with van der Waals surface area (Å²) >= 11 is 0. The number of rotatable bonds is 4. The van der Waals surface area contributed by atoms with Crippen LogP contribution in [0.25, 0.3) is 11.5 Å². The molecule has 0 spiro atoms. The fourth-order valence-electron chi connectivity index (χ4n) is 1.57. The van der Waals surface area contributed by atoms with Crippen LogP contribution in [0.1, 0.15) is 25.8 Å². The first-order valence-electron chi connectivity index (χ1n) is 5.64. The van der Waals surface area contributed by atoms with E-state index >= 15 is 0 Å². The van der Waals surface area contributed by atoms with Gasteiger partial charge in [0.15, 0.2) is 0 Å². The minimum atomic E-state index is -0.595. The number of hydrogen-bond acceptors (Lipinski definition) is 4. The van der Waals surface area contributed by atoms with E-state index in [2.05, 4.69) is 15.5 Å². The van der Waals surface area contributed by atoms with Crippen LogP contribution in [0.5, 0.6) is 0 Å². The third-order valence-electron chi connectivity index (χ3n) is 2.48. The maximum Gasteiger partial charge on any atom is 0.250 e. The number of aromatic nitrogens is 2. The van der Waals surface area contributed by atoms with Crippen LogP contribution in [0.4, 0.5) is 8.78 Å². The monoisotopic (exact) mass is 253 g/mol. The molecule has 0 aliphatic rings. The first kappa shape index (κ1) is 12.6. The molecule has 0 saturated carbocycles. The van der Waals surface area contributed by atoms with Crippen molar-refractivity contribution in [2.45, 2.75) is 19.9 Å². The Bertz CT molecular complexity index is 542. The van der Waals surface area contributed by atoms with Gasteiger partial charge in [-0.1, -0.05) is 6.92 Å². The summed E-state index contributed by atoms with van der Waals surface area (Å²) in [5.74, 6) is -0.823. The van der Waals surface area contributed by atoms with E-state index in [-0.39, 0.29) is 17.5 Å². The Balaban J connectivity index is 2.32. The second-order valence-corrected chi connectivity index (χ2v) is 3.85. The number of hydrogen-bond donors (Lipinski definition) is 1. The van der Waals surface area contributed by atoms with Crippen LogP contribution in [0.3, 0.4) is 0 Å². The van der Waals surface area contributed by atoms with Gasteiger partial charge in [0.1, 0.15) is 11.6 Å². The van der Waals surface area contributed by atoms with Crippen LogP contribution in [0.2, 0.25) is 0 Å². The smallest absolute Gasteiger partial charge is 0.250 e. The van der Waals surface area contributed by atoms with Crippen LogP contribution in [-0.2, 0) is 0 Å². The zero-order chi connectivity index (χ0) is 13.1. The van der Waals surface area contributed by atoms with Gasteiger partial charge in [0.05, 0.1) is 11.6 Å². The number of nitrogens with zero attached hydrogens (tertiary/aromatic N) is 2. The molecule has 0 bridgehead atoms. The van der Waals surface area contributed by atoms with Crippen molar-refractivity contribution in [3.8, 4) is 11.5 Å². The fourth-order valence-corrected chi connectivity index (χ4v) is 1.57. The molecular formula is C12H13F2N3O. The summed E-state index contributed by atoms with van der Waals surface area (Å²) in [5, 5.41) is 10.6. The molecule has 2 aromatic rings. The van der Waals surface area contributed by atoms with E-state index in [9.17, 15) is 8.78 Å². The lowest BCUT2D eigenvalue weighted by atomic mass is 10.2. The highest BCUT2D eigenvalue weighted by molar-refractivity contribution is 5.53. The fraction of sp³-hybridized carbons (Fsp3) is 0.333. The van der Waals surface area contributed by atoms with Crippen molar-refractivity contribution in [1.82, 2.24) is 15.5 Å². The third kappa shape index (κ3) is 2.53. The minimum Gasteiger partial charge on any atom is -0.419 e. The first-order valence-corrected chi connectivity index (χ1v) is 5.64. The molecule has 1 atom stereocenters. The SMILES string of the molecule is CCNC(C)c1nnc(-c2cc(F)ccc2F)o1. The van der Waals surface area contributed by atoms with Gasteiger partial charge in [0.2, 0.25) is 5.89 Å². The van der Waals surface area contributed by atoms with Gasteiger partial charge in [-0.2, -0.15) is 0 Å². The van der Waals surface area contributed by atoms with E-state index in [0.29, 0.717) is 5.89 Å². The molecule has 18 heavy (non-hydrogen) atoms. The molecule has 1 N–H and O–H groups in total. The maximum atomic E-state index is 13.5. The minimum absolute atomic E-state index is 0.0215. The summed E-state index contributed by atoms with van der Waals surface area (Å²) in [6.07, 6.45) is 0. The van der Waals surface area contributed by atoms with Crippen molar-refractivity contribution in [2.24, 2.45) is 0 Å². The summed E-state index contributed by atoms with van der Waals surface area (Å²) in [6, 6.07) is 2.97. The summed E-state index contributed by atoms with van der Waals surface area (Å²) in [4.78, 5) is 0. The molecule has 1 heterocycles. The average Bonchev–Trinajstić information content (AvgIpc) is 2.82. The Labute approximate surface area is 103 Å². The van der Waals surface area contributed by atoms with Crippen LogP contribution < -0.4 is 5.32 Å². The molecular weight excluding hydrogens is 240 g/mol. The molecule has 0 fully saturated rings. The molecule has 6 heteroatoms. The molecule has 1 aromatic heterocycles. The van der Waals surface area contributed by atoms with Crippen LogP contribution in [0, 0.1) is 11.6 Å². The molecule has 4 nitrogen and oxygen atoms in total. The molecule has 1 unspecified atom stereocenters. The summed E-state index contributed by atoms with van der Waals surface area (Å²) in [7, 11) is 0. The molecule has 0 aliphatic heterocycles. The highest BCUT2D eigenvalue weighted by Crippen LogP contribution is 2.24. The Morgan fingerprint density at radius 2 is 2.11 bits per heavy atom. The Morgan fingerprint density at radius 3 is 2.83 bits per heavy atom. The highest BCUT2D eigenvalue weighted by Gasteiger charge is 2.17. The van der Waals surface area contributed by atoms with Crippen molar-refractivity contribution in [3.63, 3.8) is 0 Å². The summed E-state index contributed by atoms with van der Waals surface area (Å²) in [5.41, 5.74) is -0.0301. The lowest BCUT2D eigenvalue weighted by Gasteiger charge is -2.05.